The van der Waals surface area contributed by atoms with Gasteiger partial charge < -0.3 is 20.1 Å². The molecule has 5 nitrogen and oxygen atoms in total. The summed E-state index contributed by atoms with van der Waals surface area (Å²) in [4.78, 5) is 12.0. The Morgan fingerprint density at radius 1 is 1.33 bits per heavy atom. The fraction of sp³-hybridized carbons (Fsp3) is 0.526. The first-order valence-corrected chi connectivity index (χ1v) is 8.74. The van der Waals surface area contributed by atoms with Crippen molar-refractivity contribution in [1.82, 2.24) is 10.6 Å². The molecule has 1 fully saturated rings. The predicted molar refractivity (Wildman–Crippen MR) is 93.2 cm³/mol. The van der Waals surface area contributed by atoms with Gasteiger partial charge in [0.2, 0.25) is 0 Å². The first-order chi connectivity index (χ1) is 11.7. The predicted octanol–water partition coefficient (Wildman–Crippen LogP) is 3.07. The summed E-state index contributed by atoms with van der Waals surface area (Å²) in [5, 5.41) is 5.91. The molecular formula is C19H26N2O3. The van der Waals surface area contributed by atoms with Crippen molar-refractivity contribution in [1.29, 1.82) is 0 Å². The molecule has 2 aliphatic rings. The van der Waals surface area contributed by atoms with Crippen LogP contribution in [-0.2, 0) is 11.3 Å². The Kier molecular flexibility index (Phi) is 5.75. The Bertz CT molecular complexity index is 586. The minimum absolute atomic E-state index is 0.130. The Balaban J connectivity index is 1.52. The van der Waals surface area contributed by atoms with Crippen LogP contribution in [0, 0.1) is 6.92 Å². The molecule has 1 heterocycles. The number of hydrogen-bond acceptors (Lipinski definition) is 3. The average Bonchev–Trinajstić information content (AvgIpc) is 3.25. The van der Waals surface area contributed by atoms with Crippen LogP contribution in [0.5, 0.6) is 5.75 Å². The van der Waals surface area contributed by atoms with Crippen LogP contribution in [0.2, 0.25) is 0 Å². The summed E-state index contributed by atoms with van der Waals surface area (Å²) in [7, 11) is 0. The Morgan fingerprint density at radius 2 is 2.17 bits per heavy atom. The number of urea groups is 1. The van der Waals surface area contributed by atoms with Crippen LogP contribution in [0.25, 0.3) is 0 Å². The highest BCUT2D eigenvalue weighted by Crippen LogP contribution is 2.22. The maximum atomic E-state index is 12.0. The van der Waals surface area contributed by atoms with Crippen molar-refractivity contribution in [2.75, 3.05) is 13.2 Å². The second-order valence-electron chi connectivity index (χ2n) is 6.52. The largest absolute Gasteiger partial charge is 0.491 e. The number of rotatable bonds is 6. The molecule has 24 heavy (non-hydrogen) atoms. The van der Waals surface area contributed by atoms with Gasteiger partial charge in [0.1, 0.15) is 12.4 Å². The number of amides is 2. The summed E-state index contributed by atoms with van der Waals surface area (Å²) in [6.45, 7) is 3.88. The van der Waals surface area contributed by atoms with E-state index in [1.54, 1.807) is 0 Å². The standard InChI is InChI=1S/C19H26N2O3/c1-14-8-9-15(12-20-19(22)21-16-5-2-3-6-16)18(11-14)24-13-17-7-4-10-23-17/h2-3,8-9,11,16-17H,4-7,10,12-13H2,1H3,(H2,20,21,22)/t17-/m1/s1. The molecule has 0 bridgehead atoms. The molecule has 5 heteroatoms. The lowest BCUT2D eigenvalue weighted by Crippen LogP contribution is -2.40. The van der Waals surface area contributed by atoms with E-state index in [4.69, 9.17) is 9.47 Å². The van der Waals surface area contributed by atoms with Gasteiger partial charge >= 0.3 is 6.03 Å². The lowest BCUT2D eigenvalue weighted by molar-refractivity contribution is 0.0676. The summed E-state index contributed by atoms with van der Waals surface area (Å²) in [5.41, 5.74) is 2.13. The van der Waals surface area contributed by atoms with E-state index in [9.17, 15) is 4.79 Å². The molecule has 1 aromatic rings. The van der Waals surface area contributed by atoms with E-state index in [2.05, 4.69) is 22.8 Å². The maximum Gasteiger partial charge on any atom is 0.315 e. The fourth-order valence-corrected chi connectivity index (χ4v) is 3.05. The van der Waals surface area contributed by atoms with Crippen LogP contribution in [0.3, 0.4) is 0 Å². The quantitative estimate of drug-likeness (QED) is 0.788. The Morgan fingerprint density at radius 3 is 2.92 bits per heavy atom. The van der Waals surface area contributed by atoms with Crippen molar-refractivity contribution in [3.63, 3.8) is 0 Å². The third-order valence-electron chi connectivity index (χ3n) is 4.45. The van der Waals surface area contributed by atoms with Crippen LogP contribution in [0.15, 0.2) is 30.4 Å². The molecule has 0 aromatic heterocycles. The van der Waals surface area contributed by atoms with Gasteiger partial charge in [0.15, 0.2) is 0 Å². The van der Waals surface area contributed by atoms with Crippen LogP contribution in [0.1, 0.15) is 36.8 Å². The third-order valence-corrected chi connectivity index (χ3v) is 4.45. The van der Waals surface area contributed by atoms with Gasteiger partial charge in [0, 0.05) is 24.8 Å². The highest BCUT2D eigenvalue weighted by atomic mass is 16.5. The summed E-state index contributed by atoms with van der Waals surface area (Å²) >= 11 is 0. The van der Waals surface area contributed by atoms with E-state index >= 15 is 0 Å². The number of benzene rings is 1. The molecule has 0 saturated carbocycles. The molecule has 0 radical (unpaired) electrons. The average molecular weight is 330 g/mol. The van der Waals surface area contributed by atoms with Gasteiger partial charge in [-0.3, -0.25) is 0 Å². The number of hydrogen-bond donors (Lipinski definition) is 2. The van der Waals surface area contributed by atoms with Crippen LogP contribution in [0.4, 0.5) is 4.79 Å². The van der Waals surface area contributed by atoms with E-state index in [1.165, 1.54) is 0 Å². The van der Waals surface area contributed by atoms with Gasteiger partial charge in [-0.05, 0) is 44.2 Å². The molecule has 130 valence electrons. The van der Waals surface area contributed by atoms with Crippen molar-refractivity contribution in [3.8, 4) is 5.75 Å². The van der Waals surface area contributed by atoms with Crippen LogP contribution < -0.4 is 15.4 Å². The smallest absolute Gasteiger partial charge is 0.315 e. The molecule has 1 saturated heterocycles. The lowest BCUT2D eigenvalue weighted by Gasteiger charge is -2.17. The molecule has 1 aromatic carbocycles. The van der Waals surface area contributed by atoms with Gasteiger partial charge in [-0.2, -0.15) is 0 Å². The van der Waals surface area contributed by atoms with Gasteiger partial charge in [0.05, 0.1) is 6.10 Å². The highest BCUT2D eigenvalue weighted by molar-refractivity contribution is 5.74. The van der Waals surface area contributed by atoms with E-state index < -0.39 is 0 Å². The molecule has 3 rings (SSSR count). The molecule has 0 unspecified atom stereocenters. The topological polar surface area (TPSA) is 59.6 Å². The van der Waals surface area contributed by atoms with Crippen LogP contribution >= 0.6 is 0 Å². The summed E-state index contributed by atoms with van der Waals surface area (Å²) in [6.07, 6.45) is 8.36. The molecule has 1 aliphatic carbocycles. The molecule has 1 aliphatic heterocycles. The number of aryl methyl sites for hydroxylation is 1. The number of carbonyl (C=O) groups excluding carboxylic acids is 1. The zero-order valence-corrected chi connectivity index (χ0v) is 14.2. The second kappa shape index (κ2) is 8.20. The van der Waals surface area contributed by atoms with Gasteiger partial charge in [0.25, 0.3) is 0 Å². The molecule has 2 amide bonds. The van der Waals surface area contributed by atoms with Crippen molar-refractivity contribution < 1.29 is 14.3 Å². The Labute approximate surface area is 143 Å². The molecule has 1 atom stereocenters. The van der Waals surface area contributed by atoms with E-state index in [0.717, 1.165) is 49.2 Å². The minimum Gasteiger partial charge on any atom is -0.491 e. The normalized spacial score (nSPS) is 20.3. The third kappa shape index (κ3) is 4.74. The van der Waals surface area contributed by atoms with Gasteiger partial charge in [-0.15, -0.1) is 0 Å². The van der Waals surface area contributed by atoms with E-state index in [1.807, 2.05) is 25.1 Å². The van der Waals surface area contributed by atoms with Crippen molar-refractivity contribution >= 4 is 6.03 Å². The molecule has 0 spiro atoms. The van der Waals surface area contributed by atoms with Crippen molar-refractivity contribution in [2.45, 2.75) is 51.3 Å². The van der Waals surface area contributed by atoms with Crippen molar-refractivity contribution in [2.24, 2.45) is 0 Å². The summed E-state index contributed by atoms with van der Waals surface area (Å²) in [5.74, 6) is 0.827. The molecule has 2 N–H and O–H groups in total. The Hall–Kier alpha value is -2.01. The minimum atomic E-state index is -0.130. The lowest BCUT2D eigenvalue weighted by atomic mass is 10.1. The maximum absolute atomic E-state index is 12.0. The number of nitrogens with one attached hydrogen (secondary N) is 2. The van der Waals surface area contributed by atoms with E-state index in [-0.39, 0.29) is 18.2 Å². The summed E-state index contributed by atoms with van der Waals surface area (Å²) < 4.78 is 11.6. The zero-order chi connectivity index (χ0) is 16.8. The number of carbonyl (C=O) groups is 1. The van der Waals surface area contributed by atoms with Gasteiger partial charge in [-0.25, -0.2) is 4.79 Å². The van der Waals surface area contributed by atoms with Crippen LogP contribution in [-0.4, -0.2) is 31.4 Å². The van der Waals surface area contributed by atoms with Gasteiger partial charge in [-0.1, -0.05) is 24.3 Å². The zero-order valence-electron chi connectivity index (χ0n) is 14.2. The molecular weight excluding hydrogens is 304 g/mol. The monoisotopic (exact) mass is 330 g/mol. The first-order valence-electron chi connectivity index (χ1n) is 8.74. The first kappa shape index (κ1) is 16.8. The van der Waals surface area contributed by atoms with Crippen molar-refractivity contribution in [3.05, 3.63) is 41.5 Å². The SMILES string of the molecule is Cc1ccc(CNC(=O)NC2CC=CC2)c(OC[C@H]2CCCO2)c1. The fourth-order valence-electron chi connectivity index (χ4n) is 3.05. The van der Waals surface area contributed by atoms with E-state index in [0.29, 0.717) is 13.2 Å². The highest BCUT2D eigenvalue weighted by Gasteiger charge is 2.17. The number of ether oxygens (including phenoxy) is 2. The second-order valence-corrected chi connectivity index (χ2v) is 6.52. The summed E-state index contributed by atoms with van der Waals surface area (Å²) in [6, 6.07) is 6.16.